The fourth-order valence-corrected chi connectivity index (χ4v) is 5.42. The number of methoxy groups -OCH3 is 1. The van der Waals surface area contributed by atoms with Crippen molar-refractivity contribution in [3.05, 3.63) is 29.8 Å². The van der Waals surface area contributed by atoms with Gasteiger partial charge in [0.15, 0.2) is 0 Å². The summed E-state index contributed by atoms with van der Waals surface area (Å²) in [5.74, 6) is 3.57. The first-order chi connectivity index (χ1) is 13.5. The van der Waals surface area contributed by atoms with Gasteiger partial charge in [-0.05, 0) is 93.2 Å². The van der Waals surface area contributed by atoms with Crippen LogP contribution >= 0.6 is 0 Å². The van der Waals surface area contributed by atoms with Crippen molar-refractivity contribution in [3.63, 3.8) is 0 Å². The summed E-state index contributed by atoms with van der Waals surface area (Å²) in [5.41, 5.74) is 7.49. The lowest BCUT2D eigenvalue weighted by Crippen LogP contribution is -2.40. The Kier molecular flexibility index (Phi) is 8.23. The third-order valence-corrected chi connectivity index (χ3v) is 7.04. The van der Waals surface area contributed by atoms with E-state index in [1.165, 1.54) is 69.9 Å². The molecule has 0 bridgehead atoms. The summed E-state index contributed by atoms with van der Waals surface area (Å²) in [7, 11) is 1.74. The van der Waals surface area contributed by atoms with Crippen LogP contribution in [0.25, 0.3) is 0 Å². The molecule has 0 spiro atoms. The molecule has 2 fully saturated rings. The maximum absolute atomic E-state index is 6.09. The Labute approximate surface area is 173 Å². The molecule has 3 nitrogen and oxygen atoms in total. The summed E-state index contributed by atoms with van der Waals surface area (Å²) in [6, 6.07) is 9.87. The van der Waals surface area contributed by atoms with Gasteiger partial charge in [-0.3, -0.25) is 4.90 Å². The summed E-state index contributed by atoms with van der Waals surface area (Å²) < 4.78 is 5.31. The van der Waals surface area contributed by atoms with E-state index in [9.17, 15) is 0 Å². The molecule has 2 aliphatic rings. The van der Waals surface area contributed by atoms with E-state index in [0.717, 1.165) is 30.2 Å². The average Bonchev–Trinajstić information content (AvgIpc) is 2.70. The molecule has 2 N–H and O–H groups in total. The van der Waals surface area contributed by atoms with Gasteiger partial charge in [-0.15, -0.1) is 0 Å². The van der Waals surface area contributed by atoms with Crippen molar-refractivity contribution in [1.29, 1.82) is 0 Å². The predicted octanol–water partition coefficient (Wildman–Crippen LogP) is 5.62. The second-order valence-electron chi connectivity index (χ2n) is 9.86. The summed E-state index contributed by atoms with van der Waals surface area (Å²) >= 11 is 0. The Bertz CT molecular complexity index is 554. The third-order valence-electron chi connectivity index (χ3n) is 7.04. The molecule has 3 heteroatoms. The van der Waals surface area contributed by atoms with E-state index >= 15 is 0 Å². The number of rotatable bonds is 8. The topological polar surface area (TPSA) is 38.5 Å². The van der Waals surface area contributed by atoms with E-state index < -0.39 is 0 Å². The molecule has 3 rings (SSSR count). The van der Waals surface area contributed by atoms with Crippen molar-refractivity contribution >= 4 is 0 Å². The number of hydrogen-bond donors (Lipinski definition) is 1. The van der Waals surface area contributed by atoms with Crippen LogP contribution in [-0.2, 0) is 6.54 Å². The highest BCUT2D eigenvalue weighted by molar-refractivity contribution is 5.27. The van der Waals surface area contributed by atoms with Gasteiger partial charge in [0.25, 0.3) is 0 Å². The van der Waals surface area contributed by atoms with E-state index in [1.807, 2.05) is 0 Å². The minimum atomic E-state index is 0.481. The van der Waals surface area contributed by atoms with Crippen LogP contribution in [0.3, 0.4) is 0 Å². The summed E-state index contributed by atoms with van der Waals surface area (Å²) in [5, 5.41) is 0. The summed E-state index contributed by atoms with van der Waals surface area (Å²) in [6.07, 6.45) is 12.3. The van der Waals surface area contributed by atoms with Gasteiger partial charge in [-0.1, -0.05) is 26.0 Å². The van der Waals surface area contributed by atoms with Gasteiger partial charge in [-0.2, -0.15) is 0 Å². The van der Waals surface area contributed by atoms with Crippen molar-refractivity contribution in [2.24, 2.45) is 23.5 Å². The first-order valence-corrected chi connectivity index (χ1v) is 11.7. The fourth-order valence-electron chi connectivity index (χ4n) is 5.42. The number of nitrogens with zero attached hydrogens (tertiary/aromatic N) is 1. The molecular weight excluding hydrogens is 344 g/mol. The first kappa shape index (κ1) is 21.6. The summed E-state index contributed by atoms with van der Waals surface area (Å²) in [4.78, 5) is 2.75. The van der Waals surface area contributed by atoms with Crippen LogP contribution in [0, 0.1) is 17.8 Å². The Morgan fingerprint density at radius 1 is 0.929 bits per heavy atom. The van der Waals surface area contributed by atoms with E-state index in [1.54, 1.807) is 7.11 Å². The standard InChI is InChI=1S/C25H42N2O/c1-19(2)17-27(18-22-8-14-25(28-3)15-9-22)24-12-6-21(7-13-24)16-20-4-10-23(26)11-5-20/h8-9,14-15,19-21,23-24H,4-7,10-13,16-18,26H2,1-3H3. The lowest BCUT2D eigenvalue weighted by molar-refractivity contribution is 0.106. The maximum atomic E-state index is 6.09. The molecule has 158 valence electrons. The number of ether oxygens (including phenoxy) is 1. The molecule has 28 heavy (non-hydrogen) atoms. The van der Waals surface area contributed by atoms with E-state index in [-0.39, 0.29) is 0 Å². The minimum absolute atomic E-state index is 0.481. The SMILES string of the molecule is COc1ccc(CN(CC(C)C)C2CCC(CC3CCC(N)CC3)CC2)cc1. The molecule has 2 aliphatic carbocycles. The van der Waals surface area contributed by atoms with Crippen molar-refractivity contribution in [1.82, 2.24) is 4.90 Å². The van der Waals surface area contributed by atoms with Crippen molar-refractivity contribution in [2.75, 3.05) is 13.7 Å². The van der Waals surface area contributed by atoms with Crippen LogP contribution in [0.15, 0.2) is 24.3 Å². The van der Waals surface area contributed by atoms with Crippen LogP contribution in [0.4, 0.5) is 0 Å². The Morgan fingerprint density at radius 3 is 2.04 bits per heavy atom. The van der Waals surface area contributed by atoms with Gasteiger partial charge < -0.3 is 10.5 Å². The molecule has 0 saturated heterocycles. The fraction of sp³-hybridized carbons (Fsp3) is 0.760. The molecule has 0 heterocycles. The molecule has 0 amide bonds. The van der Waals surface area contributed by atoms with E-state index in [2.05, 4.69) is 43.0 Å². The molecule has 0 radical (unpaired) electrons. The van der Waals surface area contributed by atoms with Gasteiger partial charge in [0.1, 0.15) is 5.75 Å². The molecule has 1 aromatic carbocycles. The predicted molar refractivity (Wildman–Crippen MR) is 119 cm³/mol. The quantitative estimate of drug-likeness (QED) is 0.630. The molecule has 0 unspecified atom stereocenters. The minimum Gasteiger partial charge on any atom is -0.497 e. The van der Waals surface area contributed by atoms with Crippen LogP contribution in [0.5, 0.6) is 5.75 Å². The summed E-state index contributed by atoms with van der Waals surface area (Å²) in [6.45, 7) is 6.96. The molecule has 2 saturated carbocycles. The zero-order chi connectivity index (χ0) is 19.9. The lowest BCUT2D eigenvalue weighted by Gasteiger charge is -2.39. The molecule has 0 aromatic heterocycles. The highest BCUT2D eigenvalue weighted by atomic mass is 16.5. The van der Waals surface area contributed by atoms with Crippen molar-refractivity contribution in [2.45, 2.75) is 90.3 Å². The average molecular weight is 387 g/mol. The molecule has 1 aromatic rings. The number of benzene rings is 1. The first-order valence-electron chi connectivity index (χ1n) is 11.7. The van der Waals surface area contributed by atoms with Crippen molar-refractivity contribution in [3.8, 4) is 5.75 Å². The number of hydrogen-bond acceptors (Lipinski definition) is 3. The van der Waals surface area contributed by atoms with Gasteiger partial charge in [0.05, 0.1) is 7.11 Å². The van der Waals surface area contributed by atoms with E-state index in [0.29, 0.717) is 12.0 Å². The molecular formula is C25H42N2O. The normalized spacial score (nSPS) is 28.6. The highest BCUT2D eigenvalue weighted by Gasteiger charge is 2.29. The second kappa shape index (κ2) is 10.6. The highest BCUT2D eigenvalue weighted by Crippen LogP contribution is 2.36. The van der Waals surface area contributed by atoms with Crippen LogP contribution in [-0.4, -0.2) is 30.6 Å². The van der Waals surface area contributed by atoms with Crippen molar-refractivity contribution < 1.29 is 4.74 Å². The lowest BCUT2D eigenvalue weighted by atomic mass is 9.75. The van der Waals surface area contributed by atoms with Crippen LogP contribution < -0.4 is 10.5 Å². The van der Waals surface area contributed by atoms with Crippen LogP contribution in [0.1, 0.15) is 77.2 Å². The Hall–Kier alpha value is -1.06. The zero-order valence-electron chi connectivity index (χ0n) is 18.4. The van der Waals surface area contributed by atoms with Gasteiger partial charge in [0, 0.05) is 25.2 Å². The molecule has 0 aliphatic heterocycles. The van der Waals surface area contributed by atoms with Gasteiger partial charge in [-0.25, -0.2) is 0 Å². The smallest absolute Gasteiger partial charge is 0.118 e. The molecule has 0 atom stereocenters. The number of nitrogens with two attached hydrogens (primary N) is 1. The Morgan fingerprint density at radius 2 is 1.50 bits per heavy atom. The zero-order valence-corrected chi connectivity index (χ0v) is 18.4. The van der Waals surface area contributed by atoms with Gasteiger partial charge >= 0.3 is 0 Å². The van der Waals surface area contributed by atoms with E-state index in [4.69, 9.17) is 10.5 Å². The van der Waals surface area contributed by atoms with Gasteiger partial charge in [0.2, 0.25) is 0 Å². The third kappa shape index (κ3) is 6.49. The monoisotopic (exact) mass is 386 g/mol. The Balaban J connectivity index is 1.50. The second-order valence-corrected chi connectivity index (χ2v) is 9.86. The largest absolute Gasteiger partial charge is 0.497 e. The van der Waals surface area contributed by atoms with Crippen LogP contribution in [0.2, 0.25) is 0 Å². The maximum Gasteiger partial charge on any atom is 0.118 e.